The van der Waals surface area contributed by atoms with Gasteiger partial charge in [-0.05, 0) is 30.3 Å². The second kappa shape index (κ2) is 9.20. The molecule has 0 saturated heterocycles. The fourth-order valence-corrected chi connectivity index (χ4v) is 2.69. The fourth-order valence-electron chi connectivity index (χ4n) is 2.69. The van der Waals surface area contributed by atoms with Gasteiger partial charge in [0.05, 0.1) is 31.0 Å². The van der Waals surface area contributed by atoms with E-state index < -0.39 is 0 Å². The highest BCUT2D eigenvalue weighted by atomic mass is 16.5. The number of anilines is 1. The number of nitrogens with one attached hydrogen (secondary N) is 1. The number of pyridine rings is 1. The van der Waals surface area contributed by atoms with Crippen LogP contribution in [0.3, 0.4) is 0 Å². The van der Waals surface area contributed by atoms with Crippen molar-refractivity contribution in [3.05, 3.63) is 53.4 Å². The Morgan fingerprint density at radius 2 is 2.00 bits per heavy atom. The van der Waals surface area contributed by atoms with Gasteiger partial charge in [-0.25, -0.2) is 4.98 Å². The van der Waals surface area contributed by atoms with Crippen molar-refractivity contribution in [1.29, 1.82) is 0 Å². The molecule has 8 nitrogen and oxygen atoms in total. The Kier molecular flexibility index (Phi) is 6.46. The summed E-state index contributed by atoms with van der Waals surface area (Å²) in [7, 11) is 3.19. The predicted molar refractivity (Wildman–Crippen MR) is 104 cm³/mol. The molecule has 148 valence electrons. The smallest absolute Gasteiger partial charge is 0.255 e. The van der Waals surface area contributed by atoms with E-state index in [0.717, 1.165) is 5.39 Å². The van der Waals surface area contributed by atoms with Gasteiger partial charge in [0.25, 0.3) is 5.91 Å². The van der Waals surface area contributed by atoms with Crippen LogP contribution >= 0.6 is 0 Å². The van der Waals surface area contributed by atoms with E-state index in [1.807, 2.05) is 24.3 Å². The van der Waals surface area contributed by atoms with E-state index in [2.05, 4.69) is 10.3 Å². The van der Waals surface area contributed by atoms with Gasteiger partial charge < -0.3 is 29.7 Å². The molecule has 0 aliphatic rings. The number of fused-ring (bicyclic) bond motifs is 1. The molecule has 0 aliphatic carbocycles. The van der Waals surface area contributed by atoms with Crippen LogP contribution < -0.4 is 15.8 Å². The molecule has 8 heteroatoms. The summed E-state index contributed by atoms with van der Waals surface area (Å²) in [6.07, 6.45) is 0. The lowest BCUT2D eigenvalue weighted by Crippen LogP contribution is -2.24. The molecule has 0 fully saturated rings. The Hall–Kier alpha value is -3.10. The average Bonchev–Trinajstić information content (AvgIpc) is 3.09. The molecule has 0 atom stereocenters. The van der Waals surface area contributed by atoms with E-state index in [0.29, 0.717) is 48.2 Å². The van der Waals surface area contributed by atoms with Gasteiger partial charge in [-0.1, -0.05) is 0 Å². The molecule has 0 saturated carbocycles. The normalized spacial score (nSPS) is 10.9. The molecule has 3 aromatic rings. The van der Waals surface area contributed by atoms with Gasteiger partial charge in [-0.15, -0.1) is 0 Å². The van der Waals surface area contributed by atoms with Crippen molar-refractivity contribution >= 4 is 22.7 Å². The van der Waals surface area contributed by atoms with Crippen LogP contribution in [0.1, 0.15) is 21.8 Å². The molecule has 0 unspecified atom stereocenters. The Bertz CT molecular complexity index is 954. The van der Waals surface area contributed by atoms with Crippen LogP contribution in [-0.4, -0.2) is 38.3 Å². The zero-order chi connectivity index (χ0) is 19.9. The number of nitrogens with zero attached hydrogens (tertiary/aromatic N) is 1. The van der Waals surface area contributed by atoms with Crippen molar-refractivity contribution in [2.75, 3.05) is 33.2 Å². The lowest BCUT2D eigenvalue weighted by molar-refractivity contribution is 0.0948. The van der Waals surface area contributed by atoms with E-state index in [-0.39, 0.29) is 18.3 Å². The highest BCUT2D eigenvalue weighted by Crippen LogP contribution is 2.24. The second-order valence-electron chi connectivity index (χ2n) is 6.10. The SMILES string of the molecule is COCCOc1ccc2cc(CNC(=O)c3ccc(COC)nc3N)oc2c1. The largest absolute Gasteiger partial charge is 0.491 e. The number of carbonyl (C=O) groups excluding carboxylic acids is 1. The van der Waals surface area contributed by atoms with E-state index in [9.17, 15) is 4.79 Å². The van der Waals surface area contributed by atoms with Crippen LogP contribution in [0.4, 0.5) is 5.82 Å². The monoisotopic (exact) mass is 385 g/mol. The van der Waals surface area contributed by atoms with Crippen molar-refractivity contribution in [2.45, 2.75) is 13.2 Å². The number of carbonyl (C=O) groups is 1. The Balaban J connectivity index is 1.63. The molecule has 0 aliphatic heterocycles. The molecule has 0 spiro atoms. The third kappa shape index (κ3) is 4.79. The van der Waals surface area contributed by atoms with Gasteiger partial charge in [-0.2, -0.15) is 0 Å². The van der Waals surface area contributed by atoms with Crippen LogP contribution in [0.15, 0.2) is 40.8 Å². The summed E-state index contributed by atoms with van der Waals surface area (Å²) in [6.45, 7) is 1.54. The average molecular weight is 385 g/mol. The number of ether oxygens (including phenoxy) is 3. The number of hydrogen-bond acceptors (Lipinski definition) is 7. The van der Waals surface area contributed by atoms with Crippen molar-refractivity contribution in [1.82, 2.24) is 10.3 Å². The van der Waals surface area contributed by atoms with Crippen LogP contribution in [0.25, 0.3) is 11.0 Å². The maximum Gasteiger partial charge on any atom is 0.255 e. The van der Waals surface area contributed by atoms with E-state index in [4.69, 9.17) is 24.4 Å². The molecular weight excluding hydrogens is 362 g/mol. The minimum atomic E-state index is -0.321. The summed E-state index contributed by atoms with van der Waals surface area (Å²) >= 11 is 0. The zero-order valence-corrected chi connectivity index (χ0v) is 15.9. The van der Waals surface area contributed by atoms with Gasteiger partial charge in [0.2, 0.25) is 0 Å². The van der Waals surface area contributed by atoms with Crippen molar-refractivity contribution in [3.8, 4) is 5.75 Å². The molecule has 3 N–H and O–H groups in total. The Morgan fingerprint density at radius 1 is 1.14 bits per heavy atom. The number of furan rings is 1. The van der Waals surface area contributed by atoms with Crippen molar-refractivity contribution < 1.29 is 23.4 Å². The number of nitrogen functional groups attached to an aromatic ring is 1. The number of amides is 1. The lowest BCUT2D eigenvalue weighted by Gasteiger charge is -2.07. The summed E-state index contributed by atoms with van der Waals surface area (Å²) in [5, 5.41) is 3.72. The Labute approximate surface area is 162 Å². The molecule has 1 amide bonds. The highest BCUT2D eigenvalue weighted by Gasteiger charge is 2.13. The quantitative estimate of drug-likeness (QED) is 0.545. The van der Waals surface area contributed by atoms with Crippen molar-refractivity contribution in [3.63, 3.8) is 0 Å². The first-order valence-corrected chi connectivity index (χ1v) is 8.77. The first-order chi connectivity index (χ1) is 13.6. The molecule has 28 heavy (non-hydrogen) atoms. The molecular formula is C20H23N3O5. The van der Waals surface area contributed by atoms with Crippen molar-refractivity contribution in [2.24, 2.45) is 0 Å². The lowest BCUT2D eigenvalue weighted by atomic mass is 10.2. The third-order valence-electron chi connectivity index (χ3n) is 4.04. The summed E-state index contributed by atoms with van der Waals surface area (Å²) in [5.41, 5.74) is 7.53. The number of benzene rings is 1. The van der Waals surface area contributed by atoms with Gasteiger partial charge in [-0.3, -0.25) is 4.79 Å². The Morgan fingerprint density at radius 3 is 2.75 bits per heavy atom. The summed E-state index contributed by atoms with van der Waals surface area (Å²) in [5.74, 6) is 1.16. The summed E-state index contributed by atoms with van der Waals surface area (Å²) < 4.78 is 21.3. The molecule has 0 bridgehead atoms. The summed E-state index contributed by atoms with van der Waals surface area (Å²) in [4.78, 5) is 16.5. The molecule has 2 aromatic heterocycles. The van der Waals surface area contributed by atoms with Crippen LogP contribution in [0.2, 0.25) is 0 Å². The molecule has 2 heterocycles. The fraction of sp³-hybridized carbons (Fsp3) is 0.300. The minimum absolute atomic E-state index is 0.162. The minimum Gasteiger partial charge on any atom is -0.491 e. The molecule has 0 radical (unpaired) electrons. The van der Waals surface area contributed by atoms with Crippen LogP contribution in [-0.2, 0) is 22.6 Å². The topological polar surface area (TPSA) is 109 Å². The number of rotatable bonds is 9. The van der Waals surface area contributed by atoms with Gasteiger partial charge in [0.15, 0.2) is 0 Å². The number of nitrogens with two attached hydrogens (primary N) is 1. The highest BCUT2D eigenvalue weighted by molar-refractivity contribution is 5.98. The molecule has 1 aromatic carbocycles. The number of aromatic nitrogens is 1. The van der Waals surface area contributed by atoms with Gasteiger partial charge in [0, 0.05) is 25.7 Å². The third-order valence-corrected chi connectivity index (χ3v) is 4.04. The first-order valence-electron chi connectivity index (χ1n) is 8.77. The van der Waals surface area contributed by atoms with E-state index in [1.165, 1.54) is 0 Å². The first kappa shape index (κ1) is 19.7. The summed E-state index contributed by atoms with van der Waals surface area (Å²) in [6, 6.07) is 10.8. The van der Waals surface area contributed by atoms with Crippen LogP contribution in [0, 0.1) is 0 Å². The van der Waals surface area contributed by atoms with Gasteiger partial charge >= 0.3 is 0 Å². The van der Waals surface area contributed by atoms with Crippen LogP contribution in [0.5, 0.6) is 5.75 Å². The van der Waals surface area contributed by atoms with Gasteiger partial charge in [0.1, 0.15) is 29.5 Å². The maximum absolute atomic E-state index is 12.4. The molecule has 3 rings (SSSR count). The predicted octanol–water partition coefficient (Wildman–Crippen LogP) is 2.51. The maximum atomic E-state index is 12.4. The number of hydrogen-bond donors (Lipinski definition) is 2. The standard InChI is InChI=1S/C20H23N3O5/c1-25-7-8-27-15-5-3-13-9-16(28-18(13)10-15)11-22-20(24)17-6-4-14(12-26-2)23-19(17)21/h3-6,9-10H,7-8,11-12H2,1-2H3,(H2,21,23)(H,22,24). The second-order valence-corrected chi connectivity index (χ2v) is 6.10. The van der Waals surface area contributed by atoms with E-state index in [1.54, 1.807) is 26.4 Å². The zero-order valence-electron chi connectivity index (χ0n) is 15.9. The number of methoxy groups -OCH3 is 2. The van der Waals surface area contributed by atoms with E-state index >= 15 is 0 Å².